The first-order valence-electron chi connectivity index (χ1n) is 9.02. The number of unbranched alkanes of at least 4 members (excludes halogenated alkanes) is 1. The Bertz CT molecular complexity index is 663. The van der Waals surface area contributed by atoms with E-state index in [2.05, 4.69) is 56.3 Å². The van der Waals surface area contributed by atoms with Crippen LogP contribution in [0, 0.1) is 5.92 Å². The average molecular weight is 292 g/mol. The van der Waals surface area contributed by atoms with Gasteiger partial charge in [-0.15, -0.1) is 0 Å². The minimum atomic E-state index is 0.908. The fourth-order valence-electron chi connectivity index (χ4n) is 3.55. The van der Waals surface area contributed by atoms with Gasteiger partial charge < -0.3 is 0 Å². The fraction of sp³-hybridized carbons (Fsp3) is 0.455. The van der Waals surface area contributed by atoms with Gasteiger partial charge >= 0.3 is 0 Å². The van der Waals surface area contributed by atoms with Gasteiger partial charge in [-0.25, -0.2) is 0 Å². The van der Waals surface area contributed by atoms with E-state index in [9.17, 15) is 0 Å². The van der Waals surface area contributed by atoms with Crippen molar-refractivity contribution in [3.05, 3.63) is 53.6 Å². The molecule has 1 unspecified atom stereocenters. The van der Waals surface area contributed by atoms with Crippen LogP contribution in [0.4, 0.5) is 0 Å². The molecule has 3 rings (SSSR count). The number of hydrogen-bond acceptors (Lipinski definition) is 0. The van der Waals surface area contributed by atoms with Gasteiger partial charge in [0.25, 0.3) is 0 Å². The minimum absolute atomic E-state index is 0.908. The molecule has 2 aromatic carbocycles. The second kappa shape index (κ2) is 7.13. The smallest absolute Gasteiger partial charge is 0.0178 e. The fourth-order valence-corrected chi connectivity index (χ4v) is 3.55. The van der Waals surface area contributed by atoms with E-state index in [0.717, 1.165) is 5.92 Å². The molecule has 1 aliphatic rings. The molecular weight excluding hydrogens is 264 g/mol. The van der Waals surface area contributed by atoms with Crippen molar-refractivity contribution in [2.24, 2.45) is 5.92 Å². The summed E-state index contributed by atoms with van der Waals surface area (Å²) in [5.74, 6) is 0.908. The lowest BCUT2D eigenvalue weighted by molar-refractivity contribution is 0.471. The van der Waals surface area contributed by atoms with Crippen molar-refractivity contribution < 1.29 is 0 Å². The van der Waals surface area contributed by atoms with Gasteiger partial charge in [0.05, 0.1) is 0 Å². The van der Waals surface area contributed by atoms with Crippen molar-refractivity contribution in [3.63, 3.8) is 0 Å². The molecule has 0 aromatic heterocycles. The van der Waals surface area contributed by atoms with Gasteiger partial charge in [0.2, 0.25) is 0 Å². The third-order valence-electron chi connectivity index (χ3n) is 5.19. The van der Waals surface area contributed by atoms with Gasteiger partial charge in [-0.1, -0.05) is 63.1 Å². The van der Waals surface area contributed by atoms with Crippen LogP contribution in [0.2, 0.25) is 0 Å². The molecule has 0 radical (unpaired) electrons. The van der Waals surface area contributed by atoms with Crippen LogP contribution < -0.4 is 0 Å². The van der Waals surface area contributed by atoms with Crippen molar-refractivity contribution in [2.45, 2.75) is 58.8 Å². The van der Waals surface area contributed by atoms with Crippen molar-refractivity contribution in [3.8, 4) is 0 Å². The summed E-state index contributed by atoms with van der Waals surface area (Å²) in [6.45, 7) is 4.57. The molecule has 116 valence electrons. The van der Waals surface area contributed by atoms with Crippen LogP contribution in [0.5, 0.6) is 0 Å². The predicted molar refractivity (Wildman–Crippen MR) is 98.2 cm³/mol. The zero-order valence-electron chi connectivity index (χ0n) is 14.1. The molecule has 0 heterocycles. The van der Waals surface area contributed by atoms with E-state index in [1.807, 2.05) is 0 Å². The molecular formula is C22H28. The molecule has 1 aliphatic carbocycles. The molecule has 0 heteroatoms. The van der Waals surface area contributed by atoms with Gasteiger partial charge in [0.1, 0.15) is 0 Å². The van der Waals surface area contributed by atoms with Crippen molar-refractivity contribution in [1.82, 2.24) is 0 Å². The standard InChI is InChI=1S/C22H28/c1-3-5-6-18-9-12-22-16-21(14-13-20(22)15-18)19-10-7-17(4-2)8-11-19/h9-10,12-17H,3-8,11H2,1-2H3. The first kappa shape index (κ1) is 15.3. The Balaban J connectivity index is 1.83. The highest BCUT2D eigenvalue weighted by Crippen LogP contribution is 2.33. The third kappa shape index (κ3) is 3.43. The highest BCUT2D eigenvalue weighted by Gasteiger charge is 2.13. The lowest BCUT2D eigenvalue weighted by Crippen LogP contribution is -2.03. The molecule has 0 bridgehead atoms. The van der Waals surface area contributed by atoms with Crippen LogP contribution in [-0.4, -0.2) is 0 Å². The number of benzene rings is 2. The molecule has 0 spiro atoms. The van der Waals surface area contributed by atoms with Crippen LogP contribution in [-0.2, 0) is 6.42 Å². The van der Waals surface area contributed by atoms with Crippen molar-refractivity contribution in [2.75, 3.05) is 0 Å². The lowest BCUT2D eigenvalue weighted by Gasteiger charge is -2.21. The second-order valence-electron chi connectivity index (χ2n) is 6.78. The van der Waals surface area contributed by atoms with E-state index < -0.39 is 0 Å². The molecule has 0 nitrogen and oxygen atoms in total. The first-order chi connectivity index (χ1) is 10.8. The van der Waals surface area contributed by atoms with E-state index in [-0.39, 0.29) is 0 Å². The summed E-state index contributed by atoms with van der Waals surface area (Å²) in [6, 6.07) is 14.0. The maximum Gasteiger partial charge on any atom is -0.0178 e. The molecule has 0 N–H and O–H groups in total. The number of hydrogen-bond donors (Lipinski definition) is 0. The molecule has 2 aromatic rings. The van der Waals surface area contributed by atoms with Crippen molar-refractivity contribution in [1.29, 1.82) is 0 Å². The minimum Gasteiger partial charge on any atom is -0.0804 e. The van der Waals surface area contributed by atoms with Crippen LogP contribution in [0.25, 0.3) is 16.3 Å². The Morgan fingerprint density at radius 3 is 2.55 bits per heavy atom. The Hall–Kier alpha value is -1.56. The van der Waals surface area contributed by atoms with Crippen LogP contribution in [0.3, 0.4) is 0 Å². The topological polar surface area (TPSA) is 0 Å². The second-order valence-corrected chi connectivity index (χ2v) is 6.78. The summed E-state index contributed by atoms with van der Waals surface area (Å²) in [4.78, 5) is 0. The van der Waals surface area contributed by atoms with Crippen LogP contribution in [0.1, 0.15) is 63.5 Å². The highest BCUT2D eigenvalue weighted by molar-refractivity contribution is 5.87. The molecule has 22 heavy (non-hydrogen) atoms. The van der Waals surface area contributed by atoms with Crippen LogP contribution in [0.15, 0.2) is 42.5 Å². The summed E-state index contributed by atoms with van der Waals surface area (Å²) in [5.41, 5.74) is 4.47. The number of aryl methyl sites for hydroxylation is 1. The predicted octanol–water partition coefficient (Wildman–Crippen LogP) is 6.78. The third-order valence-corrected chi connectivity index (χ3v) is 5.19. The number of allylic oxidation sites excluding steroid dienone is 2. The highest BCUT2D eigenvalue weighted by atomic mass is 14.2. The Morgan fingerprint density at radius 1 is 1.00 bits per heavy atom. The van der Waals surface area contributed by atoms with Crippen molar-refractivity contribution >= 4 is 16.3 Å². The molecule has 0 fully saturated rings. The van der Waals surface area contributed by atoms with E-state index in [0.29, 0.717) is 0 Å². The quantitative estimate of drug-likeness (QED) is 0.570. The van der Waals surface area contributed by atoms with Gasteiger partial charge in [0.15, 0.2) is 0 Å². The summed E-state index contributed by atoms with van der Waals surface area (Å²) in [7, 11) is 0. The molecule has 0 aliphatic heterocycles. The van der Waals surface area contributed by atoms with Gasteiger partial charge in [-0.3, -0.25) is 0 Å². The maximum atomic E-state index is 2.48. The Morgan fingerprint density at radius 2 is 1.82 bits per heavy atom. The molecule has 0 saturated carbocycles. The van der Waals surface area contributed by atoms with E-state index in [4.69, 9.17) is 0 Å². The summed E-state index contributed by atoms with van der Waals surface area (Å²) in [6.07, 6.45) is 11.4. The Kier molecular flexibility index (Phi) is 4.97. The maximum absolute atomic E-state index is 2.48. The van der Waals surface area contributed by atoms with E-state index in [1.165, 1.54) is 66.8 Å². The molecule has 0 saturated heterocycles. The monoisotopic (exact) mass is 292 g/mol. The van der Waals surface area contributed by atoms with Gasteiger partial charge in [-0.2, -0.15) is 0 Å². The lowest BCUT2D eigenvalue weighted by atomic mass is 9.85. The molecule has 0 amide bonds. The zero-order chi connectivity index (χ0) is 15.4. The summed E-state index contributed by atoms with van der Waals surface area (Å²) in [5, 5.41) is 2.77. The first-order valence-corrected chi connectivity index (χ1v) is 9.02. The SMILES string of the molecule is CCCCc1ccc2cc(C3=CCC(CC)CC3)ccc2c1. The summed E-state index contributed by atoms with van der Waals surface area (Å²) >= 11 is 0. The number of fused-ring (bicyclic) bond motifs is 1. The average Bonchev–Trinajstić information content (AvgIpc) is 2.59. The zero-order valence-corrected chi connectivity index (χ0v) is 14.1. The van der Waals surface area contributed by atoms with Gasteiger partial charge in [0, 0.05) is 0 Å². The molecule has 1 atom stereocenters. The number of rotatable bonds is 5. The van der Waals surface area contributed by atoms with E-state index >= 15 is 0 Å². The summed E-state index contributed by atoms with van der Waals surface area (Å²) < 4.78 is 0. The Labute approximate surface area is 135 Å². The van der Waals surface area contributed by atoms with Crippen LogP contribution >= 0.6 is 0 Å². The normalized spacial score (nSPS) is 18.5. The largest absolute Gasteiger partial charge is 0.0804 e. The van der Waals surface area contributed by atoms with E-state index in [1.54, 1.807) is 5.57 Å². The van der Waals surface area contributed by atoms with Gasteiger partial charge in [-0.05, 0) is 71.6 Å².